The molecule has 0 unspecified atom stereocenters. The molecular formula is C20H25N5O2. The number of fused-ring (bicyclic) bond motifs is 1. The summed E-state index contributed by atoms with van der Waals surface area (Å²) in [7, 11) is 0. The molecule has 142 valence electrons. The second-order valence-corrected chi connectivity index (χ2v) is 8.39. The fourth-order valence-corrected chi connectivity index (χ4v) is 4.77. The van der Waals surface area contributed by atoms with Crippen molar-refractivity contribution in [1.82, 2.24) is 24.2 Å². The smallest absolute Gasteiger partial charge is 0.272 e. The van der Waals surface area contributed by atoms with Gasteiger partial charge in [-0.2, -0.15) is 0 Å². The molecule has 5 rings (SSSR count). The van der Waals surface area contributed by atoms with E-state index in [1.54, 1.807) is 16.7 Å². The summed E-state index contributed by atoms with van der Waals surface area (Å²) < 4.78 is 1.75. The van der Waals surface area contributed by atoms with Crippen molar-refractivity contribution in [3.63, 3.8) is 0 Å². The van der Waals surface area contributed by atoms with Crippen LogP contribution in [0.25, 0.3) is 5.78 Å². The van der Waals surface area contributed by atoms with Gasteiger partial charge < -0.3 is 9.80 Å². The molecule has 0 aromatic carbocycles. The second kappa shape index (κ2) is 6.04. The first-order chi connectivity index (χ1) is 13.1. The van der Waals surface area contributed by atoms with Gasteiger partial charge >= 0.3 is 0 Å². The highest BCUT2D eigenvalue weighted by Crippen LogP contribution is 2.42. The van der Waals surface area contributed by atoms with E-state index in [-0.39, 0.29) is 17.2 Å². The van der Waals surface area contributed by atoms with E-state index in [9.17, 15) is 9.59 Å². The third-order valence-electron chi connectivity index (χ3n) is 6.42. The number of nitrogens with zero attached hydrogens (tertiary/aromatic N) is 5. The van der Waals surface area contributed by atoms with Gasteiger partial charge in [-0.3, -0.25) is 14.0 Å². The third-order valence-corrected chi connectivity index (χ3v) is 6.42. The molecule has 0 N–H and O–H groups in total. The monoisotopic (exact) mass is 367 g/mol. The average Bonchev–Trinajstić information content (AvgIpc) is 3.27. The minimum absolute atomic E-state index is 0.0445. The Kier molecular flexibility index (Phi) is 3.74. The van der Waals surface area contributed by atoms with Gasteiger partial charge in [-0.15, -0.1) is 0 Å². The van der Waals surface area contributed by atoms with Gasteiger partial charge in [-0.05, 0) is 51.0 Å². The summed E-state index contributed by atoms with van der Waals surface area (Å²) in [5.74, 6) is 1.47. The van der Waals surface area contributed by atoms with E-state index in [4.69, 9.17) is 0 Å². The summed E-state index contributed by atoms with van der Waals surface area (Å²) in [5, 5.41) is 0. The van der Waals surface area contributed by atoms with Crippen molar-refractivity contribution in [3.8, 4) is 0 Å². The van der Waals surface area contributed by atoms with Crippen LogP contribution in [0.5, 0.6) is 0 Å². The van der Waals surface area contributed by atoms with Gasteiger partial charge in [0.1, 0.15) is 5.69 Å². The number of amides is 2. The van der Waals surface area contributed by atoms with Gasteiger partial charge in [0, 0.05) is 38.6 Å². The van der Waals surface area contributed by atoms with Crippen LogP contribution in [0, 0.1) is 18.3 Å². The number of imidazole rings is 1. The zero-order chi connectivity index (χ0) is 18.6. The lowest BCUT2D eigenvalue weighted by Crippen LogP contribution is -2.51. The molecule has 2 amide bonds. The maximum Gasteiger partial charge on any atom is 0.272 e. The van der Waals surface area contributed by atoms with Crippen molar-refractivity contribution in [3.05, 3.63) is 29.8 Å². The third kappa shape index (κ3) is 2.71. The second-order valence-electron chi connectivity index (χ2n) is 8.39. The van der Waals surface area contributed by atoms with E-state index in [1.807, 2.05) is 18.0 Å². The van der Waals surface area contributed by atoms with Crippen molar-refractivity contribution < 1.29 is 9.59 Å². The lowest BCUT2D eigenvalue weighted by Gasteiger charge is -2.39. The Hall–Kier alpha value is -2.44. The highest BCUT2D eigenvalue weighted by molar-refractivity contribution is 5.95. The molecule has 3 fully saturated rings. The fraction of sp³-hybridized carbons (Fsp3) is 0.600. The van der Waals surface area contributed by atoms with Crippen LogP contribution >= 0.6 is 0 Å². The van der Waals surface area contributed by atoms with Gasteiger partial charge in [0.15, 0.2) is 0 Å². The molecule has 0 radical (unpaired) electrons. The number of aromatic nitrogens is 3. The van der Waals surface area contributed by atoms with Crippen LogP contribution in [0.3, 0.4) is 0 Å². The Labute approximate surface area is 158 Å². The van der Waals surface area contributed by atoms with E-state index < -0.39 is 0 Å². The number of carbonyl (C=O) groups excluding carboxylic acids is 2. The molecule has 0 bridgehead atoms. The summed E-state index contributed by atoms with van der Waals surface area (Å²) >= 11 is 0. The predicted octanol–water partition coefficient (Wildman–Crippen LogP) is 1.90. The molecule has 7 heteroatoms. The molecule has 2 aromatic rings. The van der Waals surface area contributed by atoms with Gasteiger partial charge in [-0.1, -0.05) is 0 Å². The molecule has 2 aromatic heterocycles. The first-order valence-corrected chi connectivity index (χ1v) is 9.96. The standard InChI is InChI=1S/C20H25N5O2/c1-14-16(25-10-3-8-21-19(25)22-14)17(26)24-11-7-20(13-24)6-2-9-23(18(20)27)12-15-4-5-15/h3,8,10,15H,2,4-7,9,11-13H2,1H3/t20-/m0/s1. The topological polar surface area (TPSA) is 70.8 Å². The Morgan fingerprint density at radius 1 is 1.30 bits per heavy atom. The molecular weight excluding hydrogens is 342 g/mol. The molecule has 1 spiro atoms. The molecule has 1 aliphatic carbocycles. The van der Waals surface area contributed by atoms with Crippen LogP contribution in [0.1, 0.15) is 48.3 Å². The van der Waals surface area contributed by atoms with E-state index in [2.05, 4.69) is 14.9 Å². The zero-order valence-corrected chi connectivity index (χ0v) is 15.7. The molecule has 3 aliphatic rings. The zero-order valence-electron chi connectivity index (χ0n) is 15.7. The van der Waals surface area contributed by atoms with E-state index in [0.717, 1.165) is 32.4 Å². The Balaban J connectivity index is 1.39. The maximum atomic E-state index is 13.3. The molecule has 1 atom stereocenters. The molecule has 4 heterocycles. The van der Waals surface area contributed by atoms with Crippen LogP contribution in [0.2, 0.25) is 0 Å². The number of carbonyl (C=O) groups is 2. The highest BCUT2D eigenvalue weighted by atomic mass is 16.2. The Morgan fingerprint density at radius 2 is 2.15 bits per heavy atom. The van der Waals surface area contributed by atoms with Crippen LogP contribution < -0.4 is 0 Å². The average molecular weight is 367 g/mol. The summed E-state index contributed by atoms with van der Waals surface area (Å²) in [6, 6.07) is 1.80. The SMILES string of the molecule is Cc1nc2ncccn2c1C(=O)N1CC[C@@]2(CCCN(CC3CC3)C2=O)C1. The number of likely N-dealkylation sites (tertiary alicyclic amines) is 2. The van der Waals surface area contributed by atoms with Crippen LogP contribution in [-0.2, 0) is 4.79 Å². The Bertz CT molecular complexity index is 918. The molecule has 1 saturated carbocycles. The Morgan fingerprint density at radius 3 is 2.96 bits per heavy atom. The quantitative estimate of drug-likeness (QED) is 0.831. The van der Waals surface area contributed by atoms with Gasteiger partial charge in [0.05, 0.1) is 11.1 Å². The maximum absolute atomic E-state index is 13.3. The summed E-state index contributed by atoms with van der Waals surface area (Å²) in [6.07, 6.45) is 8.71. The molecule has 2 saturated heterocycles. The van der Waals surface area contributed by atoms with E-state index in [1.165, 1.54) is 12.8 Å². The first kappa shape index (κ1) is 16.7. The number of piperidine rings is 1. The largest absolute Gasteiger partial charge is 0.342 e. The fourth-order valence-electron chi connectivity index (χ4n) is 4.77. The van der Waals surface area contributed by atoms with Crippen molar-refractivity contribution in [2.24, 2.45) is 11.3 Å². The summed E-state index contributed by atoms with van der Waals surface area (Å²) in [6.45, 7) is 4.79. The normalized spacial score (nSPS) is 25.7. The van der Waals surface area contributed by atoms with E-state index in [0.29, 0.717) is 36.2 Å². The minimum atomic E-state index is -0.380. The number of aryl methyl sites for hydroxylation is 1. The first-order valence-electron chi connectivity index (χ1n) is 9.96. The van der Waals surface area contributed by atoms with Crippen molar-refractivity contribution in [1.29, 1.82) is 0 Å². The minimum Gasteiger partial charge on any atom is -0.342 e. The molecule has 27 heavy (non-hydrogen) atoms. The van der Waals surface area contributed by atoms with Gasteiger partial charge in [0.2, 0.25) is 11.7 Å². The van der Waals surface area contributed by atoms with Crippen LogP contribution in [-0.4, -0.2) is 62.2 Å². The van der Waals surface area contributed by atoms with Crippen molar-refractivity contribution >= 4 is 17.6 Å². The van der Waals surface area contributed by atoms with E-state index >= 15 is 0 Å². The summed E-state index contributed by atoms with van der Waals surface area (Å²) in [5.41, 5.74) is 0.869. The number of rotatable bonds is 3. The van der Waals surface area contributed by atoms with Crippen LogP contribution in [0.4, 0.5) is 0 Å². The number of hydrogen-bond acceptors (Lipinski definition) is 4. The predicted molar refractivity (Wildman–Crippen MR) is 99.2 cm³/mol. The van der Waals surface area contributed by atoms with Gasteiger partial charge in [0.25, 0.3) is 5.91 Å². The molecule has 2 aliphatic heterocycles. The number of hydrogen-bond donors (Lipinski definition) is 0. The lowest BCUT2D eigenvalue weighted by atomic mass is 9.78. The summed E-state index contributed by atoms with van der Waals surface area (Å²) in [4.78, 5) is 39.0. The lowest BCUT2D eigenvalue weighted by molar-refractivity contribution is -0.145. The van der Waals surface area contributed by atoms with Crippen molar-refractivity contribution in [2.45, 2.75) is 39.0 Å². The van der Waals surface area contributed by atoms with Gasteiger partial charge in [-0.25, -0.2) is 9.97 Å². The molecule has 7 nitrogen and oxygen atoms in total. The van der Waals surface area contributed by atoms with Crippen LogP contribution in [0.15, 0.2) is 18.5 Å². The van der Waals surface area contributed by atoms with Crippen molar-refractivity contribution in [2.75, 3.05) is 26.2 Å². The highest BCUT2D eigenvalue weighted by Gasteiger charge is 2.50.